The highest BCUT2D eigenvalue weighted by Crippen LogP contribution is 2.27. The molecule has 1 aliphatic rings. The van der Waals surface area contributed by atoms with Crippen LogP contribution in [0.25, 0.3) is 6.08 Å². The Balaban J connectivity index is 1.98. The van der Waals surface area contributed by atoms with Gasteiger partial charge in [0.05, 0.1) is 19.8 Å². The molecule has 1 aromatic carbocycles. The molecule has 0 bridgehead atoms. The third-order valence-electron chi connectivity index (χ3n) is 3.40. The van der Waals surface area contributed by atoms with Gasteiger partial charge in [-0.25, -0.2) is 0 Å². The Kier molecular flexibility index (Phi) is 5.78. The second-order valence-corrected chi connectivity index (χ2v) is 7.12. The number of carbonyl (C=O) groups is 1. The summed E-state index contributed by atoms with van der Waals surface area (Å²) in [7, 11) is 0. The number of ether oxygens (including phenoxy) is 2. The molecule has 1 amide bonds. The third-order valence-corrected chi connectivity index (χ3v) is 4.09. The topological polar surface area (TPSA) is 47.6 Å². The summed E-state index contributed by atoms with van der Waals surface area (Å²) in [6.07, 6.45) is 2.93. The maximum absolute atomic E-state index is 11.9. The van der Waals surface area contributed by atoms with Crippen LogP contribution >= 0.6 is 15.9 Å². The lowest BCUT2D eigenvalue weighted by Gasteiger charge is -2.23. The van der Waals surface area contributed by atoms with E-state index in [0.29, 0.717) is 19.8 Å². The predicted molar refractivity (Wildman–Crippen MR) is 90.6 cm³/mol. The van der Waals surface area contributed by atoms with E-state index in [1.165, 1.54) is 11.6 Å². The van der Waals surface area contributed by atoms with E-state index in [-0.39, 0.29) is 17.6 Å². The molecule has 1 heterocycles. The van der Waals surface area contributed by atoms with E-state index < -0.39 is 0 Å². The highest BCUT2D eigenvalue weighted by molar-refractivity contribution is 9.10. The second-order valence-electron chi connectivity index (χ2n) is 6.26. The fraction of sp³-hybridized carbons (Fsp3) is 0.471. The van der Waals surface area contributed by atoms with E-state index in [1.807, 2.05) is 6.07 Å². The predicted octanol–water partition coefficient (Wildman–Crippen LogP) is 3.25. The molecule has 22 heavy (non-hydrogen) atoms. The van der Waals surface area contributed by atoms with Crippen LogP contribution in [0.2, 0.25) is 0 Å². The van der Waals surface area contributed by atoms with Crippen molar-refractivity contribution < 1.29 is 14.3 Å². The summed E-state index contributed by atoms with van der Waals surface area (Å²) in [6, 6.07) is 6.19. The maximum atomic E-state index is 11.9. The molecule has 0 aliphatic carbocycles. The van der Waals surface area contributed by atoms with Gasteiger partial charge >= 0.3 is 0 Å². The first-order valence-electron chi connectivity index (χ1n) is 7.34. The molecule has 0 radical (unpaired) electrons. The molecule has 1 fully saturated rings. The van der Waals surface area contributed by atoms with Gasteiger partial charge in [0.1, 0.15) is 0 Å². The van der Waals surface area contributed by atoms with Gasteiger partial charge in [-0.1, -0.05) is 48.8 Å². The first-order valence-corrected chi connectivity index (χ1v) is 8.13. The zero-order valence-corrected chi connectivity index (χ0v) is 14.8. The zero-order chi connectivity index (χ0) is 16.2. The number of carbonyl (C=O) groups excluding carboxylic acids is 1. The average molecular weight is 368 g/mol. The molecule has 2 rings (SSSR count). The molecule has 1 unspecified atom stereocenters. The maximum Gasteiger partial charge on any atom is 0.246 e. The molecule has 0 saturated carbocycles. The van der Waals surface area contributed by atoms with E-state index in [9.17, 15) is 4.79 Å². The summed E-state index contributed by atoms with van der Waals surface area (Å²) >= 11 is 3.56. The van der Waals surface area contributed by atoms with Crippen molar-refractivity contribution in [2.24, 2.45) is 0 Å². The number of hydrogen-bond donors (Lipinski definition) is 1. The largest absolute Gasteiger partial charge is 0.374 e. The number of amides is 1. The molecule has 1 atom stereocenters. The molecule has 1 aromatic rings. The van der Waals surface area contributed by atoms with Gasteiger partial charge in [0.2, 0.25) is 5.91 Å². The lowest BCUT2D eigenvalue weighted by atomic mass is 9.87. The Hall–Kier alpha value is -1.17. The average Bonchev–Trinajstić information content (AvgIpc) is 2.46. The Bertz CT molecular complexity index is 558. The standard InChI is InChI=1S/C17H22BrNO3/c1-17(2,3)13-6-4-12(14(18)10-13)5-7-15(20)19-16-11-21-8-9-22-16/h4-7,10,16H,8-9,11H2,1-3H3,(H,19,20). The summed E-state index contributed by atoms with van der Waals surface area (Å²) < 4.78 is 11.6. The van der Waals surface area contributed by atoms with Gasteiger partial charge in [0.25, 0.3) is 0 Å². The molecule has 0 spiro atoms. The molecule has 5 heteroatoms. The van der Waals surface area contributed by atoms with Crippen molar-refractivity contribution in [1.82, 2.24) is 5.32 Å². The van der Waals surface area contributed by atoms with Gasteiger partial charge in [-0.3, -0.25) is 4.79 Å². The highest BCUT2D eigenvalue weighted by atomic mass is 79.9. The minimum atomic E-state index is -0.363. The molecular formula is C17H22BrNO3. The molecule has 0 aromatic heterocycles. The fourth-order valence-electron chi connectivity index (χ4n) is 2.07. The van der Waals surface area contributed by atoms with E-state index >= 15 is 0 Å². The Morgan fingerprint density at radius 2 is 2.14 bits per heavy atom. The summed E-state index contributed by atoms with van der Waals surface area (Å²) in [5, 5.41) is 2.76. The smallest absolute Gasteiger partial charge is 0.246 e. The number of benzene rings is 1. The number of nitrogens with one attached hydrogen (secondary N) is 1. The van der Waals surface area contributed by atoms with Crippen LogP contribution in [0.1, 0.15) is 31.9 Å². The first-order chi connectivity index (χ1) is 10.4. The van der Waals surface area contributed by atoms with E-state index in [4.69, 9.17) is 9.47 Å². The SMILES string of the molecule is CC(C)(C)c1ccc(C=CC(=O)NC2COCCO2)c(Br)c1. The van der Waals surface area contributed by atoms with Crippen LogP contribution in [0.5, 0.6) is 0 Å². The van der Waals surface area contributed by atoms with E-state index in [1.54, 1.807) is 6.08 Å². The van der Waals surface area contributed by atoms with Gasteiger partial charge in [0.15, 0.2) is 6.23 Å². The van der Waals surface area contributed by atoms with Gasteiger partial charge in [0, 0.05) is 10.5 Å². The fourth-order valence-corrected chi connectivity index (χ4v) is 2.58. The van der Waals surface area contributed by atoms with Crippen LogP contribution in [-0.4, -0.2) is 32.0 Å². The minimum absolute atomic E-state index is 0.0977. The quantitative estimate of drug-likeness (QED) is 0.834. The van der Waals surface area contributed by atoms with Crippen LogP contribution in [0, 0.1) is 0 Å². The zero-order valence-electron chi connectivity index (χ0n) is 13.2. The van der Waals surface area contributed by atoms with Gasteiger partial charge in [-0.05, 0) is 28.7 Å². The van der Waals surface area contributed by atoms with Crippen molar-refractivity contribution >= 4 is 27.9 Å². The monoisotopic (exact) mass is 367 g/mol. The molecular weight excluding hydrogens is 346 g/mol. The Morgan fingerprint density at radius 3 is 2.73 bits per heavy atom. The van der Waals surface area contributed by atoms with Crippen molar-refractivity contribution in [3.63, 3.8) is 0 Å². The van der Waals surface area contributed by atoms with E-state index in [0.717, 1.165) is 10.0 Å². The van der Waals surface area contributed by atoms with Gasteiger partial charge < -0.3 is 14.8 Å². The number of halogens is 1. The number of hydrogen-bond acceptors (Lipinski definition) is 3. The van der Waals surface area contributed by atoms with Crippen LogP contribution in [-0.2, 0) is 19.7 Å². The van der Waals surface area contributed by atoms with Gasteiger partial charge in [-0.15, -0.1) is 0 Å². The van der Waals surface area contributed by atoms with Crippen LogP contribution in [0.3, 0.4) is 0 Å². The highest BCUT2D eigenvalue weighted by Gasteiger charge is 2.16. The van der Waals surface area contributed by atoms with Crippen molar-refractivity contribution in [2.75, 3.05) is 19.8 Å². The number of rotatable bonds is 3. The molecule has 1 saturated heterocycles. The molecule has 1 N–H and O–H groups in total. The van der Waals surface area contributed by atoms with Crippen LogP contribution in [0.15, 0.2) is 28.7 Å². The van der Waals surface area contributed by atoms with Crippen LogP contribution in [0.4, 0.5) is 0 Å². The Morgan fingerprint density at radius 1 is 1.36 bits per heavy atom. The second kappa shape index (κ2) is 7.40. The summed E-state index contributed by atoms with van der Waals surface area (Å²) in [4.78, 5) is 11.9. The van der Waals surface area contributed by atoms with Crippen LogP contribution < -0.4 is 5.32 Å². The molecule has 120 valence electrons. The van der Waals surface area contributed by atoms with Crippen molar-refractivity contribution in [3.8, 4) is 0 Å². The summed E-state index contributed by atoms with van der Waals surface area (Å²) in [6.45, 7) is 7.99. The third kappa shape index (κ3) is 4.93. The lowest BCUT2D eigenvalue weighted by Crippen LogP contribution is -2.43. The summed E-state index contributed by atoms with van der Waals surface area (Å²) in [5.41, 5.74) is 2.30. The normalized spacial score (nSPS) is 19.4. The minimum Gasteiger partial charge on any atom is -0.374 e. The van der Waals surface area contributed by atoms with Gasteiger partial charge in [-0.2, -0.15) is 0 Å². The summed E-state index contributed by atoms with van der Waals surface area (Å²) in [5.74, 6) is -0.192. The molecule has 1 aliphatic heterocycles. The lowest BCUT2D eigenvalue weighted by molar-refractivity contribution is -0.132. The molecule has 4 nitrogen and oxygen atoms in total. The van der Waals surface area contributed by atoms with E-state index in [2.05, 4.69) is 54.2 Å². The Labute approximate surface area is 140 Å². The van der Waals surface area contributed by atoms with Crippen molar-refractivity contribution in [3.05, 3.63) is 39.9 Å². The first kappa shape index (κ1) is 17.2. The van der Waals surface area contributed by atoms with Crippen molar-refractivity contribution in [2.45, 2.75) is 32.4 Å². The van der Waals surface area contributed by atoms with Crippen molar-refractivity contribution in [1.29, 1.82) is 0 Å².